The normalized spacial score (nSPS) is 10.2. The number of rotatable bonds is 3. The molecule has 0 aromatic carbocycles. The van der Waals surface area contributed by atoms with Gasteiger partial charge in [0, 0.05) is 11.5 Å². The number of aromatic nitrogens is 2. The van der Waals surface area contributed by atoms with Crippen LogP contribution >= 0.6 is 15.9 Å². The highest BCUT2D eigenvalue weighted by atomic mass is 79.9. The Bertz CT molecular complexity index is 199. The summed E-state index contributed by atoms with van der Waals surface area (Å²) in [5.41, 5.74) is 0.861. The summed E-state index contributed by atoms with van der Waals surface area (Å²) in [6, 6.07) is 1.81. The maximum absolute atomic E-state index is 8.76. The lowest BCUT2D eigenvalue weighted by Gasteiger charge is -2.00. The molecule has 1 aromatic heterocycles. The van der Waals surface area contributed by atoms with Gasteiger partial charge in [0.15, 0.2) is 0 Å². The summed E-state index contributed by atoms with van der Waals surface area (Å²) in [5.74, 6) is 0. The SMILES string of the molecule is OCc1ccnn1CCBr. The summed E-state index contributed by atoms with van der Waals surface area (Å²) in [6.45, 7) is 0.871. The van der Waals surface area contributed by atoms with Gasteiger partial charge in [-0.1, -0.05) is 15.9 Å². The fourth-order valence-electron chi connectivity index (χ4n) is 0.776. The van der Waals surface area contributed by atoms with Crippen LogP contribution in [0.15, 0.2) is 12.3 Å². The van der Waals surface area contributed by atoms with Crippen molar-refractivity contribution < 1.29 is 5.11 Å². The second-order valence-corrected chi connectivity index (χ2v) is 2.69. The fraction of sp³-hybridized carbons (Fsp3) is 0.500. The minimum atomic E-state index is 0.0625. The lowest BCUT2D eigenvalue weighted by molar-refractivity contribution is 0.268. The summed E-state index contributed by atoms with van der Waals surface area (Å²) < 4.78 is 1.77. The van der Waals surface area contributed by atoms with Crippen molar-refractivity contribution in [3.05, 3.63) is 18.0 Å². The molecule has 0 saturated carbocycles. The van der Waals surface area contributed by atoms with Crippen LogP contribution in [0.1, 0.15) is 5.69 Å². The number of aliphatic hydroxyl groups excluding tert-OH is 1. The van der Waals surface area contributed by atoms with E-state index in [1.54, 1.807) is 10.9 Å². The first kappa shape index (κ1) is 7.75. The molecule has 3 nitrogen and oxygen atoms in total. The predicted molar refractivity (Wildman–Crippen MR) is 41.9 cm³/mol. The van der Waals surface area contributed by atoms with Gasteiger partial charge in [0.2, 0.25) is 0 Å². The molecule has 0 aliphatic rings. The number of hydrogen-bond acceptors (Lipinski definition) is 2. The zero-order valence-corrected chi connectivity index (χ0v) is 7.08. The van der Waals surface area contributed by atoms with Crippen molar-refractivity contribution in [2.45, 2.75) is 13.2 Å². The van der Waals surface area contributed by atoms with Crippen LogP contribution in [0.5, 0.6) is 0 Å². The summed E-state index contributed by atoms with van der Waals surface area (Å²) in [7, 11) is 0. The zero-order chi connectivity index (χ0) is 7.40. The van der Waals surface area contributed by atoms with Crippen molar-refractivity contribution in [1.29, 1.82) is 0 Å². The van der Waals surface area contributed by atoms with Gasteiger partial charge in [-0.25, -0.2) is 0 Å². The molecule has 0 spiro atoms. The first-order valence-corrected chi connectivity index (χ1v) is 4.18. The van der Waals surface area contributed by atoms with E-state index in [-0.39, 0.29) is 6.61 Å². The van der Waals surface area contributed by atoms with Crippen molar-refractivity contribution >= 4 is 15.9 Å². The average Bonchev–Trinajstić information content (AvgIpc) is 2.36. The molecule has 0 unspecified atom stereocenters. The number of nitrogens with zero attached hydrogens (tertiary/aromatic N) is 2. The zero-order valence-electron chi connectivity index (χ0n) is 5.50. The molecule has 56 valence electrons. The Labute approximate surface area is 67.8 Å². The Kier molecular flexibility index (Phi) is 2.89. The van der Waals surface area contributed by atoms with Gasteiger partial charge < -0.3 is 5.11 Å². The van der Waals surface area contributed by atoms with Gasteiger partial charge in [0.05, 0.1) is 18.8 Å². The van der Waals surface area contributed by atoms with Crippen LogP contribution in [0.25, 0.3) is 0 Å². The number of alkyl halides is 1. The van der Waals surface area contributed by atoms with Crippen molar-refractivity contribution in [3.63, 3.8) is 0 Å². The highest BCUT2D eigenvalue weighted by molar-refractivity contribution is 9.09. The van der Waals surface area contributed by atoms with E-state index in [1.165, 1.54) is 0 Å². The first-order valence-electron chi connectivity index (χ1n) is 3.06. The Balaban J connectivity index is 2.70. The van der Waals surface area contributed by atoms with Crippen LogP contribution in [-0.4, -0.2) is 20.2 Å². The summed E-state index contributed by atoms with van der Waals surface area (Å²) in [5, 5.41) is 13.6. The quantitative estimate of drug-likeness (QED) is 0.740. The predicted octanol–water partition coefficient (Wildman–Crippen LogP) is 0.770. The molecule has 0 fully saturated rings. The molecule has 1 rings (SSSR count). The first-order chi connectivity index (χ1) is 4.88. The van der Waals surface area contributed by atoms with Crippen molar-refractivity contribution in [2.75, 3.05) is 5.33 Å². The van der Waals surface area contributed by atoms with E-state index in [2.05, 4.69) is 21.0 Å². The van der Waals surface area contributed by atoms with E-state index in [1.807, 2.05) is 6.07 Å². The molecule has 1 heterocycles. The van der Waals surface area contributed by atoms with Crippen LogP contribution < -0.4 is 0 Å². The third-order valence-electron chi connectivity index (χ3n) is 1.26. The van der Waals surface area contributed by atoms with Gasteiger partial charge in [0.1, 0.15) is 0 Å². The molecule has 4 heteroatoms. The number of hydrogen-bond donors (Lipinski definition) is 1. The van der Waals surface area contributed by atoms with Crippen LogP contribution in [0.4, 0.5) is 0 Å². The van der Waals surface area contributed by atoms with Gasteiger partial charge in [-0.3, -0.25) is 4.68 Å². The number of aryl methyl sites for hydroxylation is 1. The maximum Gasteiger partial charge on any atom is 0.0849 e. The van der Waals surface area contributed by atoms with E-state index in [4.69, 9.17) is 5.11 Å². The van der Waals surface area contributed by atoms with E-state index in [0.717, 1.165) is 17.6 Å². The molecule has 0 atom stereocenters. The molecule has 0 saturated heterocycles. The summed E-state index contributed by atoms with van der Waals surface area (Å²) in [6.07, 6.45) is 1.69. The van der Waals surface area contributed by atoms with E-state index in [0.29, 0.717) is 0 Å². The molecule has 1 aromatic rings. The van der Waals surface area contributed by atoms with Crippen molar-refractivity contribution in [2.24, 2.45) is 0 Å². The van der Waals surface area contributed by atoms with E-state index in [9.17, 15) is 0 Å². The lowest BCUT2D eigenvalue weighted by Crippen LogP contribution is -2.05. The highest BCUT2D eigenvalue weighted by Gasteiger charge is 1.97. The topological polar surface area (TPSA) is 38.1 Å². The Morgan fingerprint density at radius 3 is 3.10 bits per heavy atom. The third-order valence-corrected chi connectivity index (χ3v) is 1.62. The van der Waals surface area contributed by atoms with Gasteiger partial charge >= 0.3 is 0 Å². The molecule has 0 aliphatic carbocycles. The van der Waals surface area contributed by atoms with E-state index >= 15 is 0 Å². The molecule has 0 bridgehead atoms. The van der Waals surface area contributed by atoms with Crippen LogP contribution in [0.3, 0.4) is 0 Å². The molecule has 0 aliphatic heterocycles. The minimum absolute atomic E-state index is 0.0625. The Morgan fingerprint density at radius 2 is 2.50 bits per heavy atom. The summed E-state index contributed by atoms with van der Waals surface area (Å²) in [4.78, 5) is 0. The second-order valence-electron chi connectivity index (χ2n) is 1.89. The molecule has 0 radical (unpaired) electrons. The number of halogens is 1. The Morgan fingerprint density at radius 1 is 1.70 bits per heavy atom. The average molecular weight is 205 g/mol. The highest BCUT2D eigenvalue weighted by Crippen LogP contribution is 1.98. The fourth-order valence-corrected chi connectivity index (χ4v) is 1.11. The molecule has 0 amide bonds. The summed E-state index contributed by atoms with van der Waals surface area (Å²) >= 11 is 3.29. The minimum Gasteiger partial charge on any atom is -0.390 e. The van der Waals surface area contributed by atoms with Gasteiger partial charge in [-0.05, 0) is 6.07 Å². The second kappa shape index (κ2) is 3.73. The Hall–Kier alpha value is -0.350. The molecule has 10 heavy (non-hydrogen) atoms. The van der Waals surface area contributed by atoms with Crippen molar-refractivity contribution in [3.8, 4) is 0 Å². The molecular formula is C6H9BrN2O. The van der Waals surface area contributed by atoms with Gasteiger partial charge in [0.25, 0.3) is 0 Å². The number of aliphatic hydroxyl groups is 1. The smallest absolute Gasteiger partial charge is 0.0849 e. The van der Waals surface area contributed by atoms with Gasteiger partial charge in [-0.15, -0.1) is 0 Å². The standard InChI is InChI=1S/C6H9BrN2O/c7-2-4-9-6(5-10)1-3-8-9/h1,3,10H,2,4-5H2. The van der Waals surface area contributed by atoms with Crippen molar-refractivity contribution in [1.82, 2.24) is 9.78 Å². The monoisotopic (exact) mass is 204 g/mol. The lowest BCUT2D eigenvalue weighted by atomic mass is 10.4. The largest absolute Gasteiger partial charge is 0.390 e. The van der Waals surface area contributed by atoms with Crippen LogP contribution in [-0.2, 0) is 13.2 Å². The molecular weight excluding hydrogens is 196 g/mol. The maximum atomic E-state index is 8.76. The van der Waals surface area contributed by atoms with Gasteiger partial charge in [-0.2, -0.15) is 5.10 Å². The van der Waals surface area contributed by atoms with Crippen LogP contribution in [0.2, 0.25) is 0 Å². The van der Waals surface area contributed by atoms with Crippen LogP contribution in [0, 0.1) is 0 Å². The molecule has 1 N–H and O–H groups in total. The van der Waals surface area contributed by atoms with E-state index < -0.39 is 0 Å². The third kappa shape index (κ3) is 1.58.